The molecular formula is C25H27ClN2O2S. The highest BCUT2D eigenvalue weighted by Gasteiger charge is 2.51. The van der Waals surface area contributed by atoms with Gasteiger partial charge < -0.3 is 10.6 Å². The number of hydrogen-bond donors (Lipinski definition) is 2. The van der Waals surface area contributed by atoms with E-state index in [2.05, 4.69) is 10.6 Å². The van der Waals surface area contributed by atoms with Crippen LogP contribution in [0.2, 0.25) is 5.02 Å². The van der Waals surface area contributed by atoms with E-state index in [1.165, 1.54) is 31.0 Å². The molecule has 0 saturated heterocycles. The Morgan fingerprint density at radius 1 is 0.968 bits per heavy atom. The Hall–Kier alpha value is -1.98. The first kappa shape index (κ1) is 20.9. The normalized spacial score (nSPS) is 28.4. The van der Waals surface area contributed by atoms with Crippen LogP contribution in [0.4, 0.5) is 5.69 Å². The molecule has 4 aliphatic carbocycles. The van der Waals surface area contributed by atoms with Crippen molar-refractivity contribution in [1.29, 1.82) is 0 Å². The van der Waals surface area contributed by atoms with Crippen LogP contribution in [0.5, 0.6) is 0 Å². The molecular weight excluding hydrogens is 428 g/mol. The second kappa shape index (κ2) is 8.51. The minimum atomic E-state index is -0.202. The predicted octanol–water partition coefficient (Wildman–Crippen LogP) is 5.77. The standard InChI is InChI=1S/C25H27ClN2O2S/c26-19-4-3-5-20(11-19)27-24(30)21-6-1-2-7-22(21)31-15-23(29)28-25-12-16-8-17(13-25)10-18(9-16)14-25/h1-7,11,16-18H,8-10,12-15H2,(H,27,30)(H,28,29). The minimum absolute atomic E-state index is 0.0237. The molecule has 2 aromatic carbocycles. The van der Waals surface area contributed by atoms with Crippen molar-refractivity contribution in [2.75, 3.05) is 11.1 Å². The number of hydrogen-bond acceptors (Lipinski definition) is 3. The maximum Gasteiger partial charge on any atom is 0.256 e. The predicted molar refractivity (Wildman–Crippen MR) is 126 cm³/mol. The van der Waals surface area contributed by atoms with Gasteiger partial charge in [-0.2, -0.15) is 0 Å². The van der Waals surface area contributed by atoms with Gasteiger partial charge in [0.1, 0.15) is 0 Å². The molecule has 4 aliphatic rings. The Balaban J connectivity index is 1.22. The maximum atomic E-state index is 12.9. The summed E-state index contributed by atoms with van der Waals surface area (Å²) in [7, 11) is 0. The van der Waals surface area contributed by atoms with Gasteiger partial charge in [0.2, 0.25) is 5.91 Å². The van der Waals surface area contributed by atoms with E-state index in [0.29, 0.717) is 22.0 Å². The third kappa shape index (κ3) is 4.63. The van der Waals surface area contributed by atoms with Crippen molar-refractivity contribution >= 4 is 40.9 Å². The van der Waals surface area contributed by atoms with Gasteiger partial charge in [0.05, 0.1) is 11.3 Å². The van der Waals surface area contributed by atoms with Gasteiger partial charge in [-0.1, -0.05) is 29.8 Å². The lowest BCUT2D eigenvalue weighted by Crippen LogP contribution is -2.60. The molecule has 4 bridgehead atoms. The average Bonchev–Trinajstić information content (AvgIpc) is 2.71. The number of anilines is 1. The molecule has 0 aromatic heterocycles. The van der Waals surface area contributed by atoms with Gasteiger partial charge in [0.25, 0.3) is 5.91 Å². The molecule has 2 N–H and O–H groups in total. The molecule has 2 aromatic rings. The number of amides is 2. The quantitative estimate of drug-likeness (QED) is 0.545. The van der Waals surface area contributed by atoms with E-state index in [1.54, 1.807) is 30.3 Å². The van der Waals surface area contributed by atoms with Crippen molar-refractivity contribution in [1.82, 2.24) is 5.32 Å². The minimum Gasteiger partial charge on any atom is -0.350 e. The SMILES string of the molecule is O=C(CSc1ccccc1C(=O)Nc1cccc(Cl)c1)NC12CC3CC(CC(C3)C1)C2. The Bertz CT molecular complexity index is 973. The number of rotatable bonds is 6. The van der Waals surface area contributed by atoms with E-state index in [-0.39, 0.29) is 17.4 Å². The highest BCUT2D eigenvalue weighted by atomic mass is 35.5. The van der Waals surface area contributed by atoms with E-state index in [0.717, 1.165) is 41.9 Å². The number of halogens is 1. The lowest BCUT2D eigenvalue weighted by atomic mass is 9.53. The molecule has 0 heterocycles. The molecule has 4 nitrogen and oxygen atoms in total. The van der Waals surface area contributed by atoms with Crippen molar-refractivity contribution in [3.63, 3.8) is 0 Å². The molecule has 4 saturated carbocycles. The molecule has 0 unspecified atom stereocenters. The smallest absolute Gasteiger partial charge is 0.256 e. The Morgan fingerprint density at radius 3 is 2.32 bits per heavy atom. The van der Waals surface area contributed by atoms with Crippen LogP contribution < -0.4 is 10.6 Å². The summed E-state index contributed by atoms with van der Waals surface area (Å²) < 4.78 is 0. The first-order chi connectivity index (χ1) is 15.0. The van der Waals surface area contributed by atoms with Crippen LogP contribution in [0.3, 0.4) is 0 Å². The van der Waals surface area contributed by atoms with Crippen LogP contribution in [0.1, 0.15) is 48.9 Å². The number of carbonyl (C=O) groups excluding carboxylic acids is 2. The van der Waals surface area contributed by atoms with Crippen LogP contribution in [0.15, 0.2) is 53.4 Å². The van der Waals surface area contributed by atoms with Crippen LogP contribution in [0.25, 0.3) is 0 Å². The summed E-state index contributed by atoms with van der Waals surface area (Å²) in [4.78, 5) is 26.5. The van der Waals surface area contributed by atoms with Crippen molar-refractivity contribution in [2.24, 2.45) is 17.8 Å². The van der Waals surface area contributed by atoms with Gasteiger partial charge in [-0.15, -0.1) is 11.8 Å². The lowest BCUT2D eigenvalue weighted by molar-refractivity contribution is -0.124. The zero-order chi connectivity index (χ0) is 21.4. The van der Waals surface area contributed by atoms with Crippen molar-refractivity contribution in [2.45, 2.75) is 49.0 Å². The summed E-state index contributed by atoms with van der Waals surface area (Å²) >= 11 is 7.45. The van der Waals surface area contributed by atoms with E-state index in [1.807, 2.05) is 18.2 Å². The molecule has 162 valence electrons. The second-order valence-electron chi connectivity index (χ2n) is 9.50. The van der Waals surface area contributed by atoms with Gasteiger partial charge in [0.15, 0.2) is 0 Å². The van der Waals surface area contributed by atoms with Crippen LogP contribution in [-0.2, 0) is 4.79 Å². The summed E-state index contributed by atoms with van der Waals surface area (Å²) in [6.07, 6.45) is 7.52. The highest BCUT2D eigenvalue weighted by Crippen LogP contribution is 2.55. The Morgan fingerprint density at radius 2 is 1.65 bits per heavy atom. The fourth-order valence-corrected chi connectivity index (χ4v) is 7.32. The molecule has 0 radical (unpaired) electrons. The molecule has 0 aliphatic heterocycles. The van der Waals surface area contributed by atoms with Crippen LogP contribution in [-0.4, -0.2) is 23.1 Å². The Labute approximate surface area is 192 Å². The zero-order valence-electron chi connectivity index (χ0n) is 17.4. The first-order valence-corrected chi connectivity index (χ1v) is 12.4. The van der Waals surface area contributed by atoms with Crippen LogP contribution >= 0.6 is 23.4 Å². The van der Waals surface area contributed by atoms with Crippen molar-refractivity contribution in [3.8, 4) is 0 Å². The zero-order valence-corrected chi connectivity index (χ0v) is 19.0. The molecule has 4 fully saturated rings. The summed E-state index contributed by atoms with van der Waals surface area (Å²) in [6, 6.07) is 14.5. The second-order valence-corrected chi connectivity index (χ2v) is 10.9. The average molecular weight is 455 g/mol. The molecule has 31 heavy (non-hydrogen) atoms. The van der Waals surface area contributed by atoms with Gasteiger partial charge >= 0.3 is 0 Å². The van der Waals surface area contributed by atoms with Gasteiger partial charge in [-0.25, -0.2) is 0 Å². The highest BCUT2D eigenvalue weighted by molar-refractivity contribution is 8.00. The number of nitrogens with one attached hydrogen (secondary N) is 2. The molecule has 2 amide bonds. The fraction of sp³-hybridized carbons (Fsp3) is 0.440. The number of carbonyl (C=O) groups is 2. The van der Waals surface area contributed by atoms with E-state index < -0.39 is 0 Å². The van der Waals surface area contributed by atoms with Crippen molar-refractivity contribution in [3.05, 3.63) is 59.1 Å². The monoisotopic (exact) mass is 454 g/mol. The van der Waals surface area contributed by atoms with Gasteiger partial charge in [0, 0.05) is 21.1 Å². The van der Waals surface area contributed by atoms with Crippen LogP contribution in [0, 0.1) is 17.8 Å². The Kier molecular flexibility index (Phi) is 5.74. The molecule has 0 spiro atoms. The number of benzene rings is 2. The van der Waals surface area contributed by atoms with Crippen molar-refractivity contribution < 1.29 is 9.59 Å². The molecule has 6 heteroatoms. The van der Waals surface area contributed by atoms with Gasteiger partial charge in [-0.3, -0.25) is 9.59 Å². The summed E-state index contributed by atoms with van der Waals surface area (Å²) in [5.41, 5.74) is 1.24. The van der Waals surface area contributed by atoms with E-state index in [4.69, 9.17) is 11.6 Å². The molecule has 6 rings (SSSR count). The summed E-state index contributed by atoms with van der Waals surface area (Å²) in [6.45, 7) is 0. The van der Waals surface area contributed by atoms with E-state index in [9.17, 15) is 9.59 Å². The first-order valence-electron chi connectivity index (χ1n) is 11.1. The van der Waals surface area contributed by atoms with E-state index >= 15 is 0 Å². The topological polar surface area (TPSA) is 58.2 Å². The third-order valence-electron chi connectivity index (χ3n) is 7.02. The number of thioether (sulfide) groups is 1. The fourth-order valence-electron chi connectivity index (χ4n) is 6.28. The maximum absolute atomic E-state index is 12.9. The molecule has 0 atom stereocenters. The van der Waals surface area contributed by atoms with Gasteiger partial charge in [-0.05, 0) is 86.6 Å². The third-order valence-corrected chi connectivity index (χ3v) is 8.32. The summed E-state index contributed by atoms with van der Waals surface area (Å²) in [5, 5.41) is 6.88. The lowest BCUT2D eigenvalue weighted by Gasteiger charge is -2.56. The summed E-state index contributed by atoms with van der Waals surface area (Å²) in [5.74, 6) is 2.60. The largest absolute Gasteiger partial charge is 0.350 e.